The predicted octanol–water partition coefficient (Wildman–Crippen LogP) is 3.45. The van der Waals surface area contributed by atoms with E-state index in [0.29, 0.717) is 0 Å². The number of fused-ring (bicyclic) bond motifs is 1. The van der Waals surface area contributed by atoms with Crippen LogP contribution in [0, 0.1) is 5.82 Å². The average Bonchev–Trinajstić information content (AvgIpc) is 2.92. The molecule has 1 aromatic carbocycles. The fourth-order valence-corrected chi connectivity index (χ4v) is 4.21. The van der Waals surface area contributed by atoms with E-state index in [1.165, 1.54) is 18.3 Å². The van der Waals surface area contributed by atoms with Gasteiger partial charge in [0.1, 0.15) is 17.1 Å². The van der Waals surface area contributed by atoms with Gasteiger partial charge in [0.15, 0.2) is 0 Å². The van der Waals surface area contributed by atoms with Crippen molar-refractivity contribution in [2.45, 2.75) is 18.9 Å². The lowest BCUT2D eigenvalue weighted by molar-refractivity contribution is 0.0938. The second-order valence-corrected chi connectivity index (χ2v) is 6.79. The number of pyridine rings is 1. The minimum absolute atomic E-state index is 0.0641. The zero-order chi connectivity index (χ0) is 16.4. The Morgan fingerprint density at radius 3 is 2.78 bits per heavy atom. The Kier molecular flexibility index (Phi) is 4.43. The van der Waals surface area contributed by atoms with E-state index in [4.69, 9.17) is 0 Å². The smallest absolute Gasteiger partial charge is 0.148 e. The summed E-state index contributed by atoms with van der Waals surface area (Å²) >= 11 is 1.64. The van der Waals surface area contributed by atoms with E-state index in [-0.39, 0.29) is 5.69 Å². The van der Waals surface area contributed by atoms with Crippen molar-refractivity contribution < 1.29 is 9.50 Å². The normalized spacial score (nSPS) is 14.1. The molecule has 0 aliphatic carbocycles. The lowest BCUT2D eigenvalue weighted by atomic mass is 9.88. The van der Waals surface area contributed by atoms with Crippen LogP contribution in [-0.2, 0) is 12.0 Å². The number of aliphatic hydroxyl groups is 1. The van der Waals surface area contributed by atoms with Crippen LogP contribution in [0.3, 0.4) is 0 Å². The highest BCUT2D eigenvalue weighted by atomic mass is 32.1. The zero-order valence-corrected chi connectivity index (χ0v) is 14.0. The highest BCUT2D eigenvalue weighted by Crippen LogP contribution is 2.41. The summed E-state index contributed by atoms with van der Waals surface area (Å²) in [7, 11) is 1.89. The first-order valence-corrected chi connectivity index (χ1v) is 8.36. The highest BCUT2D eigenvalue weighted by Gasteiger charge is 2.35. The number of hydrogen-bond acceptors (Lipinski definition) is 4. The molecule has 0 saturated heterocycles. The topological polar surface area (TPSA) is 45.1 Å². The summed E-state index contributed by atoms with van der Waals surface area (Å²) in [5, 5.41) is 15.3. The van der Waals surface area contributed by atoms with Crippen LogP contribution in [0.5, 0.6) is 0 Å². The second-order valence-electron chi connectivity index (χ2n) is 5.66. The number of nitrogens with one attached hydrogen (secondary N) is 1. The van der Waals surface area contributed by atoms with Gasteiger partial charge in [0.2, 0.25) is 0 Å². The molecule has 1 atom stereocenters. The summed E-state index contributed by atoms with van der Waals surface area (Å²) in [6.07, 6.45) is 2.28. The van der Waals surface area contributed by atoms with Crippen molar-refractivity contribution in [3.05, 3.63) is 64.5 Å². The van der Waals surface area contributed by atoms with Gasteiger partial charge in [0.25, 0.3) is 0 Å². The largest absolute Gasteiger partial charge is 0.379 e. The molecule has 120 valence electrons. The summed E-state index contributed by atoms with van der Waals surface area (Å²) in [6, 6.07) is 10.8. The average molecular weight is 330 g/mol. The van der Waals surface area contributed by atoms with Gasteiger partial charge in [0, 0.05) is 21.3 Å². The standard InChI is InChI=1S/C18H19FN2OS/c1-18(22,17-13(19)7-5-10-21-17)16-12-6-3-4-8-14(12)23-15(16)9-11-20-2/h3-8,10,20,22H,9,11H2,1-2H3. The Morgan fingerprint density at radius 1 is 1.26 bits per heavy atom. The van der Waals surface area contributed by atoms with Crippen LogP contribution in [0.4, 0.5) is 4.39 Å². The summed E-state index contributed by atoms with van der Waals surface area (Å²) in [6.45, 7) is 2.41. The Morgan fingerprint density at radius 2 is 2.04 bits per heavy atom. The number of likely N-dealkylation sites (N-methyl/N-ethyl adjacent to an activating group) is 1. The van der Waals surface area contributed by atoms with Crippen LogP contribution < -0.4 is 5.32 Å². The Hall–Kier alpha value is -1.82. The maximum absolute atomic E-state index is 14.2. The Bertz CT molecular complexity index is 829. The third-order valence-corrected chi connectivity index (χ3v) is 5.21. The van der Waals surface area contributed by atoms with Crippen molar-refractivity contribution in [3.8, 4) is 0 Å². The molecule has 23 heavy (non-hydrogen) atoms. The van der Waals surface area contributed by atoms with Crippen molar-refractivity contribution in [3.63, 3.8) is 0 Å². The Labute approximate surface area is 138 Å². The molecule has 0 fully saturated rings. The molecule has 2 aromatic heterocycles. The van der Waals surface area contributed by atoms with Crippen molar-refractivity contribution in [1.29, 1.82) is 0 Å². The summed E-state index contributed by atoms with van der Waals surface area (Å²) in [5.41, 5.74) is -0.659. The van der Waals surface area contributed by atoms with Crippen molar-refractivity contribution in [2.24, 2.45) is 0 Å². The maximum Gasteiger partial charge on any atom is 0.148 e. The molecule has 2 heterocycles. The van der Waals surface area contributed by atoms with Crippen LogP contribution in [0.1, 0.15) is 23.1 Å². The number of hydrogen-bond donors (Lipinski definition) is 2. The van der Waals surface area contributed by atoms with Gasteiger partial charge in [-0.1, -0.05) is 18.2 Å². The second kappa shape index (κ2) is 6.35. The molecule has 0 amide bonds. The molecule has 5 heteroatoms. The van der Waals surface area contributed by atoms with E-state index in [2.05, 4.69) is 10.3 Å². The Balaban J connectivity index is 2.22. The zero-order valence-electron chi connectivity index (χ0n) is 13.1. The SMILES string of the molecule is CNCCc1sc2ccccc2c1C(C)(O)c1ncccc1F. The number of aromatic nitrogens is 1. The third kappa shape index (κ3) is 2.87. The van der Waals surface area contributed by atoms with Gasteiger partial charge >= 0.3 is 0 Å². The van der Waals surface area contributed by atoms with E-state index in [1.807, 2.05) is 31.3 Å². The fraction of sp³-hybridized carbons (Fsp3) is 0.278. The van der Waals surface area contributed by atoms with Gasteiger partial charge in [-0.3, -0.25) is 4.98 Å². The number of rotatable bonds is 5. The molecule has 3 aromatic rings. The van der Waals surface area contributed by atoms with Gasteiger partial charge < -0.3 is 10.4 Å². The van der Waals surface area contributed by atoms with Crippen molar-refractivity contribution in [1.82, 2.24) is 10.3 Å². The highest BCUT2D eigenvalue weighted by molar-refractivity contribution is 7.19. The monoisotopic (exact) mass is 330 g/mol. The van der Waals surface area contributed by atoms with Gasteiger partial charge in [-0.25, -0.2) is 4.39 Å². The molecular formula is C18H19FN2OS. The van der Waals surface area contributed by atoms with E-state index < -0.39 is 11.4 Å². The number of thiophene rings is 1. The molecule has 0 spiro atoms. The molecule has 0 aliphatic heterocycles. The molecule has 1 unspecified atom stereocenters. The van der Waals surface area contributed by atoms with Crippen molar-refractivity contribution in [2.75, 3.05) is 13.6 Å². The van der Waals surface area contributed by atoms with Gasteiger partial charge in [0.05, 0.1) is 0 Å². The van der Waals surface area contributed by atoms with Gasteiger partial charge in [-0.05, 0) is 50.5 Å². The van der Waals surface area contributed by atoms with Crippen molar-refractivity contribution >= 4 is 21.4 Å². The molecule has 0 bridgehead atoms. The quantitative estimate of drug-likeness (QED) is 0.753. The molecule has 0 saturated carbocycles. The number of halogens is 1. The lowest BCUT2D eigenvalue weighted by Crippen LogP contribution is -2.27. The lowest BCUT2D eigenvalue weighted by Gasteiger charge is -2.25. The van der Waals surface area contributed by atoms with E-state index >= 15 is 0 Å². The van der Waals surface area contributed by atoms with Crippen LogP contribution in [0.25, 0.3) is 10.1 Å². The molecule has 3 nitrogen and oxygen atoms in total. The molecule has 0 aliphatic rings. The van der Waals surface area contributed by atoms with E-state index in [1.54, 1.807) is 18.3 Å². The van der Waals surface area contributed by atoms with Crippen LogP contribution in [-0.4, -0.2) is 23.7 Å². The molecule has 2 N–H and O–H groups in total. The van der Waals surface area contributed by atoms with Gasteiger partial charge in [-0.2, -0.15) is 0 Å². The first-order chi connectivity index (χ1) is 11.1. The third-order valence-electron chi connectivity index (χ3n) is 3.98. The predicted molar refractivity (Wildman–Crippen MR) is 92.3 cm³/mol. The summed E-state index contributed by atoms with van der Waals surface area (Å²) in [5.74, 6) is -0.493. The van der Waals surface area contributed by atoms with Crippen LogP contribution in [0.2, 0.25) is 0 Å². The minimum Gasteiger partial charge on any atom is -0.379 e. The number of benzene rings is 1. The van der Waals surface area contributed by atoms with E-state index in [9.17, 15) is 9.50 Å². The maximum atomic E-state index is 14.2. The molecule has 3 rings (SSSR count). The minimum atomic E-state index is -1.48. The van der Waals surface area contributed by atoms with Gasteiger partial charge in [-0.15, -0.1) is 11.3 Å². The number of nitrogens with zero attached hydrogens (tertiary/aromatic N) is 1. The molecular weight excluding hydrogens is 311 g/mol. The fourth-order valence-electron chi connectivity index (χ4n) is 2.91. The summed E-state index contributed by atoms with van der Waals surface area (Å²) in [4.78, 5) is 5.15. The summed E-state index contributed by atoms with van der Waals surface area (Å²) < 4.78 is 15.3. The van der Waals surface area contributed by atoms with Crippen LogP contribution in [0.15, 0.2) is 42.6 Å². The van der Waals surface area contributed by atoms with E-state index in [0.717, 1.165) is 33.5 Å². The molecule has 0 radical (unpaired) electrons. The first-order valence-electron chi connectivity index (χ1n) is 7.54. The first kappa shape index (κ1) is 16.1. The van der Waals surface area contributed by atoms with Crippen LogP contribution >= 0.6 is 11.3 Å².